The molecule has 1 saturated carbocycles. The third-order valence-corrected chi connectivity index (χ3v) is 7.67. The number of hydrogen-bond donors (Lipinski definition) is 2. The molecule has 5 rings (SSSR count). The third kappa shape index (κ3) is 4.21. The molecule has 10 nitrogen and oxygen atoms in total. The summed E-state index contributed by atoms with van der Waals surface area (Å²) >= 11 is 0. The normalized spacial score (nSPS) is 21.0. The molecule has 2 aliphatic rings. The molecule has 0 spiro atoms. The van der Waals surface area contributed by atoms with Gasteiger partial charge in [-0.05, 0) is 49.4 Å². The summed E-state index contributed by atoms with van der Waals surface area (Å²) in [5, 5.41) is 14.7. The predicted octanol–water partition coefficient (Wildman–Crippen LogP) is 2.82. The molecular weight excluding hydrogens is 474 g/mol. The van der Waals surface area contributed by atoms with Crippen LogP contribution in [0.25, 0.3) is 10.9 Å². The Morgan fingerprint density at radius 2 is 1.89 bits per heavy atom. The fourth-order valence-electron chi connectivity index (χ4n) is 5.62. The van der Waals surface area contributed by atoms with Gasteiger partial charge in [-0.1, -0.05) is 18.2 Å². The summed E-state index contributed by atoms with van der Waals surface area (Å²) < 4.78 is 1.58. The lowest BCUT2D eigenvalue weighted by Gasteiger charge is -2.25. The molecule has 10 heteroatoms. The molecule has 2 N–H and O–H groups in total. The van der Waals surface area contributed by atoms with Crippen LogP contribution in [0.4, 0.5) is 11.6 Å². The number of carboxylic acid groups (broad SMARTS) is 1. The van der Waals surface area contributed by atoms with Crippen molar-refractivity contribution in [2.45, 2.75) is 19.9 Å². The second-order valence-corrected chi connectivity index (χ2v) is 10.0. The summed E-state index contributed by atoms with van der Waals surface area (Å²) in [6.07, 6.45) is 0. The zero-order chi connectivity index (χ0) is 26.6. The van der Waals surface area contributed by atoms with E-state index < -0.39 is 5.97 Å². The number of para-hydroxylation sites is 1. The van der Waals surface area contributed by atoms with Crippen LogP contribution in [-0.4, -0.2) is 58.8 Å². The smallest absolute Gasteiger partial charge is 0.337 e. The molecule has 1 aromatic heterocycles. The Balaban J connectivity index is 1.49. The highest BCUT2D eigenvalue weighted by Gasteiger charge is 2.60. The monoisotopic (exact) mass is 505 g/mol. The van der Waals surface area contributed by atoms with E-state index in [9.17, 15) is 19.5 Å². The first-order valence-corrected chi connectivity index (χ1v) is 12.3. The number of aromatic carboxylic acids is 1. The molecule has 1 unspecified atom stereocenters. The molecule has 1 aliphatic carbocycles. The van der Waals surface area contributed by atoms with E-state index in [4.69, 9.17) is 9.82 Å². The van der Waals surface area contributed by atoms with E-state index in [0.717, 1.165) is 11.1 Å². The Bertz CT molecular complexity index is 1460. The minimum absolute atomic E-state index is 0.0168. The summed E-state index contributed by atoms with van der Waals surface area (Å²) in [7, 11) is 4.82. The Labute approximate surface area is 214 Å². The average molecular weight is 506 g/mol. The number of nitrogens with one attached hydrogen (secondary N) is 1. The van der Waals surface area contributed by atoms with Crippen LogP contribution in [-0.2, 0) is 16.7 Å². The van der Waals surface area contributed by atoms with Crippen molar-refractivity contribution in [3.05, 3.63) is 63.4 Å². The van der Waals surface area contributed by atoms with E-state index in [0.29, 0.717) is 35.6 Å². The van der Waals surface area contributed by atoms with Gasteiger partial charge in [0, 0.05) is 38.4 Å². The van der Waals surface area contributed by atoms with Crippen LogP contribution in [0.5, 0.6) is 0 Å². The quantitative estimate of drug-likeness (QED) is 0.471. The Morgan fingerprint density at radius 1 is 1.22 bits per heavy atom. The summed E-state index contributed by atoms with van der Waals surface area (Å²) in [5.41, 5.74) is 2.85. The number of amides is 1. The van der Waals surface area contributed by atoms with Gasteiger partial charge >= 0.3 is 5.97 Å². The van der Waals surface area contributed by atoms with Crippen LogP contribution >= 0.6 is 0 Å². The molecule has 1 aliphatic heterocycles. The van der Waals surface area contributed by atoms with Crippen molar-refractivity contribution in [2.75, 3.05) is 37.5 Å². The molecule has 2 heterocycles. The number of rotatable bonds is 7. The van der Waals surface area contributed by atoms with Gasteiger partial charge in [0.25, 0.3) is 5.56 Å². The second-order valence-electron chi connectivity index (χ2n) is 10.0. The Kier molecular flexibility index (Phi) is 6.15. The van der Waals surface area contributed by atoms with Crippen molar-refractivity contribution in [3.8, 4) is 0 Å². The number of benzene rings is 2. The van der Waals surface area contributed by atoms with E-state index in [1.807, 2.05) is 26.0 Å². The van der Waals surface area contributed by atoms with Crippen molar-refractivity contribution in [3.63, 3.8) is 0 Å². The van der Waals surface area contributed by atoms with Gasteiger partial charge in [-0.25, -0.2) is 14.8 Å². The number of piperidine rings is 1. The van der Waals surface area contributed by atoms with Gasteiger partial charge in [0.1, 0.15) is 0 Å². The first-order valence-electron chi connectivity index (χ1n) is 12.3. The maximum atomic E-state index is 13.4. The number of carbonyl (C=O) groups is 2. The molecule has 3 aromatic rings. The minimum Gasteiger partial charge on any atom is -0.478 e. The summed E-state index contributed by atoms with van der Waals surface area (Å²) in [4.78, 5) is 49.8. The molecule has 1 amide bonds. The number of hydrogen-bond acceptors (Lipinski definition) is 7. The first kappa shape index (κ1) is 24.8. The largest absolute Gasteiger partial charge is 0.478 e. The first-order chi connectivity index (χ1) is 17.6. The Hall–Kier alpha value is -3.92. The number of hydroxylamine groups is 2. The van der Waals surface area contributed by atoms with E-state index in [2.05, 4.69) is 10.2 Å². The number of carboxylic acids is 1. The number of nitrogens with zero attached hydrogens (tertiary/aromatic N) is 4. The van der Waals surface area contributed by atoms with E-state index in [-0.39, 0.29) is 40.8 Å². The second kappa shape index (κ2) is 9.19. The van der Waals surface area contributed by atoms with Gasteiger partial charge in [-0.2, -0.15) is 0 Å². The summed E-state index contributed by atoms with van der Waals surface area (Å²) in [5.74, 6) is -0.0992. The SMILES string of the molecule is CON(C)C(=O)[C@@H]1[C@@H]2CN(c3nc4c(C(C)Nc5ccccc5C(=O)O)cc(C)cc4c(=O)n3C)C[C@@H]21. The maximum Gasteiger partial charge on any atom is 0.337 e. The molecule has 1 saturated heterocycles. The van der Waals surface area contributed by atoms with Gasteiger partial charge in [0.15, 0.2) is 0 Å². The highest BCUT2D eigenvalue weighted by Crippen LogP contribution is 2.53. The van der Waals surface area contributed by atoms with E-state index in [1.54, 1.807) is 42.9 Å². The van der Waals surface area contributed by atoms with Gasteiger partial charge in [0.05, 0.1) is 35.5 Å². The molecule has 0 bridgehead atoms. The van der Waals surface area contributed by atoms with Crippen LogP contribution in [0, 0.1) is 24.7 Å². The third-order valence-electron chi connectivity index (χ3n) is 7.67. The van der Waals surface area contributed by atoms with Crippen molar-refractivity contribution in [2.24, 2.45) is 24.8 Å². The number of aromatic nitrogens is 2. The minimum atomic E-state index is -1.01. The van der Waals surface area contributed by atoms with Gasteiger partial charge in [-0.15, -0.1) is 0 Å². The predicted molar refractivity (Wildman–Crippen MR) is 140 cm³/mol. The fraction of sp³-hybridized carbons (Fsp3) is 0.407. The lowest BCUT2D eigenvalue weighted by atomic mass is 10.0. The standard InChI is InChI=1S/C27H31N5O5/c1-14-10-17(15(2)28-21-9-7-6-8-16(21)26(35)36)23-18(11-14)24(33)30(3)27(29-23)32-12-19-20(13-32)22(19)25(34)31(4)37-5/h6-11,15,19-20,22,28H,12-13H2,1-5H3,(H,35,36)/t15?,19-,20+,22-. The molecule has 2 aromatic carbocycles. The average Bonchev–Trinajstić information content (AvgIpc) is 3.37. The molecule has 0 radical (unpaired) electrons. The van der Waals surface area contributed by atoms with Crippen molar-refractivity contribution in [1.82, 2.24) is 14.6 Å². The van der Waals surface area contributed by atoms with Crippen LogP contribution in [0.2, 0.25) is 0 Å². The zero-order valence-corrected chi connectivity index (χ0v) is 21.6. The van der Waals surface area contributed by atoms with Crippen molar-refractivity contribution < 1.29 is 19.5 Å². The number of fused-ring (bicyclic) bond motifs is 2. The van der Waals surface area contributed by atoms with Crippen LogP contribution in [0.3, 0.4) is 0 Å². The van der Waals surface area contributed by atoms with Crippen LogP contribution in [0.15, 0.2) is 41.2 Å². The van der Waals surface area contributed by atoms with Crippen LogP contribution in [0.1, 0.15) is 34.5 Å². The summed E-state index contributed by atoms with van der Waals surface area (Å²) in [6.45, 7) is 5.15. The number of carbonyl (C=O) groups excluding carboxylic acids is 1. The summed E-state index contributed by atoms with van der Waals surface area (Å²) in [6, 6.07) is 10.3. The van der Waals surface area contributed by atoms with Crippen LogP contribution < -0.4 is 15.8 Å². The zero-order valence-electron chi connectivity index (χ0n) is 21.6. The van der Waals surface area contributed by atoms with E-state index in [1.165, 1.54) is 12.2 Å². The number of aryl methyl sites for hydroxylation is 1. The van der Waals surface area contributed by atoms with Gasteiger partial charge < -0.3 is 15.3 Å². The maximum absolute atomic E-state index is 13.4. The van der Waals surface area contributed by atoms with Gasteiger partial charge in [-0.3, -0.25) is 19.0 Å². The molecular formula is C27H31N5O5. The molecule has 37 heavy (non-hydrogen) atoms. The van der Waals surface area contributed by atoms with Gasteiger partial charge in [0.2, 0.25) is 11.9 Å². The molecule has 194 valence electrons. The highest BCUT2D eigenvalue weighted by atomic mass is 16.7. The van der Waals surface area contributed by atoms with Crippen molar-refractivity contribution >= 4 is 34.4 Å². The molecule has 4 atom stereocenters. The lowest BCUT2D eigenvalue weighted by Crippen LogP contribution is -2.35. The Morgan fingerprint density at radius 3 is 2.54 bits per heavy atom. The highest BCUT2D eigenvalue weighted by molar-refractivity contribution is 5.94. The molecule has 2 fully saturated rings. The number of anilines is 2. The van der Waals surface area contributed by atoms with Crippen molar-refractivity contribution in [1.29, 1.82) is 0 Å². The fourth-order valence-corrected chi connectivity index (χ4v) is 5.62. The van der Waals surface area contributed by atoms with E-state index >= 15 is 0 Å². The topological polar surface area (TPSA) is 117 Å². The lowest BCUT2D eigenvalue weighted by molar-refractivity contribution is -0.171.